The largest absolute Gasteiger partial charge is 0.481 e. The molecule has 0 spiro atoms. The summed E-state index contributed by atoms with van der Waals surface area (Å²) in [4.78, 5) is 10.8. The molecule has 1 N–H and O–H groups in total. The molecule has 0 unspecified atom stereocenters. The summed E-state index contributed by atoms with van der Waals surface area (Å²) >= 11 is 2.24. The van der Waals surface area contributed by atoms with Crippen molar-refractivity contribution in [2.45, 2.75) is 19.8 Å². The maximum absolute atomic E-state index is 10.8. The van der Waals surface area contributed by atoms with Crippen molar-refractivity contribution in [1.82, 2.24) is 3.11 Å². The van der Waals surface area contributed by atoms with Crippen molar-refractivity contribution in [1.29, 1.82) is 0 Å². The Hall–Kier alpha value is 0.160. The maximum Gasteiger partial charge on any atom is 0.309 e. The Balaban J connectivity index is 2.55. The molecule has 0 aliphatic carbocycles. The second kappa shape index (κ2) is 3.26. The van der Waals surface area contributed by atoms with E-state index < -0.39 is 11.4 Å². The molecule has 0 amide bonds. The molecule has 0 bridgehead atoms. The van der Waals surface area contributed by atoms with E-state index in [1.807, 2.05) is 6.92 Å². The van der Waals surface area contributed by atoms with Gasteiger partial charge < -0.3 is 5.11 Å². The lowest BCUT2D eigenvalue weighted by molar-refractivity contribution is -0.149. The molecule has 1 heterocycles. The number of hydrogen-bond acceptors (Lipinski definition) is 2. The molecule has 4 heteroatoms. The third-order valence-corrected chi connectivity index (χ3v) is 3.29. The first-order chi connectivity index (χ1) is 5.04. The molecule has 0 aromatic carbocycles. The summed E-state index contributed by atoms with van der Waals surface area (Å²) in [7, 11) is 0. The van der Waals surface area contributed by atoms with E-state index >= 15 is 0 Å². The van der Waals surface area contributed by atoms with Crippen molar-refractivity contribution < 1.29 is 9.90 Å². The maximum atomic E-state index is 10.8. The number of hydrogen-bond donors (Lipinski definition) is 1. The van der Waals surface area contributed by atoms with Gasteiger partial charge >= 0.3 is 5.97 Å². The van der Waals surface area contributed by atoms with Gasteiger partial charge in [-0.3, -0.25) is 4.79 Å². The summed E-state index contributed by atoms with van der Waals surface area (Å²) in [5, 5.41) is 8.86. The average molecular weight is 269 g/mol. The highest BCUT2D eigenvalue weighted by molar-refractivity contribution is 14.1. The lowest BCUT2D eigenvalue weighted by Gasteiger charge is -2.32. The lowest BCUT2D eigenvalue weighted by atomic mass is 9.81. The van der Waals surface area contributed by atoms with Crippen LogP contribution in [-0.2, 0) is 4.79 Å². The van der Waals surface area contributed by atoms with Crippen LogP contribution in [0.15, 0.2) is 0 Å². The zero-order chi connectivity index (χ0) is 8.48. The van der Waals surface area contributed by atoms with E-state index in [0.717, 1.165) is 25.9 Å². The van der Waals surface area contributed by atoms with Crippen molar-refractivity contribution in [2.75, 3.05) is 13.1 Å². The van der Waals surface area contributed by atoms with Gasteiger partial charge in [-0.25, -0.2) is 3.11 Å². The third kappa shape index (κ3) is 2.05. The topological polar surface area (TPSA) is 40.5 Å². The van der Waals surface area contributed by atoms with Crippen LogP contribution >= 0.6 is 22.9 Å². The molecule has 0 saturated carbocycles. The number of aliphatic carboxylic acids is 1. The van der Waals surface area contributed by atoms with Crippen molar-refractivity contribution in [3.05, 3.63) is 0 Å². The van der Waals surface area contributed by atoms with E-state index in [4.69, 9.17) is 5.11 Å². The molecule has 0 radical (unpaired) electrons. The molecular formula is C7H12INO2. The van der Waals surface area contributed by atoms with Gasteiger partial charge in [0.25, 0.3) is 0 Å². The molecule has 1 saturated heterocycles. The first kappa shape index (κ1) is 9.25. The molecule has 0 atom stereocenters. The van der Waals surface area contributed by atoms with Crippen LogP contribution in [0, 0.1) is 5.41 Å². The van der Waals surface area contributed by atoms with E-state index in [-0.39, 0.29) is 0 Å². The normalized spacial score (nSPS) is 24.9. The van der Waals surface area contributed by atoms with Gasteiger partial charge in [0.2, 0.25) is 0 Å². The van der Waals surface area contributed by atoms with Crippen molar-refractivity contribution in [3.8, 4) is 0 Å². The standard InChI is InChI=1S/C7H12INO2/c1-7(6(10)11)2-4-9(8)5-3-7/h2-5H2,1H3,(H,10,11). The second-order valence-electron chi connectivity index (χ2n) is 3.28. The Bertz CT molecular complexity index is 164. The van der Waals surface area contributed by atoms with Gasteiger partial charge in [-0.2, -0.15) is 0 Å². The number of rotatable bonds is 1. The fourth-order valence-electron chi connectivity index (χ4n) is 1.19. The fraction of sp³-hybridized carbons (Fsp3) is 0.857. The van der Waals surface area contributed by atoms with Gasteiger partial charge in [0.1, 0.15) is 0 Å². The number of carboxylic acids is 1. The SMILES string of the molecule is CC1(C(=O)O)CCN(I)CC1. The highest BCUT2D eigenvalue weighted by atomic mass is 127. The molecule has 1 rings (SSSR count). The summed E-state index contributed by atoms with van der Waals surface area (Å²) in [5.74, 6) is -0.651. The molecule has 1 aliphatic rings. The van der Waals surface area contributed by atoms with Crippen molar-refractivity contribution in [3.63, 3.8) is 0 Å². The minimum absolute atomic E-state index is 0.471. The predicted molar refractivity (Wildman–Crippen MR) is 50.6 cm³/mol. The molecule has 1 fully saturated rings. The zero-order valence-corrected chi connectivity index (χ0v) is 8.67. The molecule has 0 aromatic rings. The number of piperidine rings is 1. The summed E-state index contributed by atoms with van der Waals surface area (Å²) in [6, 6.07) is 0. The minimum atomic E-state index is -0.651. The van der Waals surface area contributed by atoms with E-state index in [1.165, 1.54) is 0 Å². The Kier molecular flexibility index (Phi) is 2.74. The van der Waals surface area contributed by atoms with Gasteiger partial charge in [0, 0.05) is 36.0 Å². The Morgan fingerprint density at radius 2 is 2.00 bits per heavy atom. The molecule has 3 nitrogen and oxygen atoms in total. The lowest BCUT2D eigenvalue weighted by Crippen LogP contribution is -2.38. The summed E-state index contributed by atoms with van der Waals surface area (Å²) in [5.41, 5.74) is -0.471. The summed E-state index contributed by atoms with van der Waals surface area (Å²) < 4.78 is 2.14. The van der Waals surface area contributed by atoms with Crippen LogP contribution in [0.5, 0.6) is 0 Å². The van der Waals surface area contributed by atoms with Gasteiger partial charge in [-0.1, -0.05) is 0 Å². The van der Waals surface area contributed by atoms with Crippen LogP contribution in [0.25, 0.3) is 0 Å². The fourth-order valence-corrected chi connectivity index (χ4v) is 1.67. The quantitative estimate of drug-likeness (QED) is 0.579. The van der Waals surface area contributed by atoms with Crippen LogP contribution in [0.2, 0.25) is 0 Å². The van der Waals surface area contributed by atoms with E-state index in [9.17, 15) is 4.79 Å². The molecule has 0 aromatic heterocycles. The van der Waals surface area contributed by atoms with Gasteiger partial charge in [-0.15, -0.1) is 0 Å². The van der Waals surface area contributed by atoms with Crippen molar-refractivity contribution >= 4 is 28.8 Å². The van der Waals surface area contributed by atoms with E-state index in [0.29, 0.717) is 0 Å². The van der Waals surface area contributed by atoms with Gasteiger partial charge in [0.15, 0.2) is 0 Å². The van der Waals surface area contributed by atoms with Crippen molar-refractivity contribution in [2.24, 2.45) is 5.41 Å². The Morgan fingerprint density at radius 1 is 1.55 bits per heavy atom. The van der Waals surface area contributed by atoms with Gasteiger partial charge in [0.05, 0.1) is 5.41 Å². The van der Waals surface area contributed by atoms with E-state index in [2.05, 4.69) is 26.0 Å². The second-order valence-corrected chi connectivity index (χ2v) is 4.64. The number of halogens is 1. The van der Waals surface area contributed by atoms with Crippen LogP contribution in [0.1, 0.15) is 19.8 Å². The highest BCUT2D eigenvalue weighted by Crippen LogP contribution is 2.31. The first-order valence-electron chi connectivity index (χ1n) is 3.69. The van der Waals surface area contributed by atoms with Crippen LogP contribution in [-0.4, -0.2) is 27.3 Å². The number of nitrogens with zero attached hydrogens (tertiary/aromatic N) is 1. The smallest absolute Gasteiger partial charge is 0.309 e. The summed E-state index contributed by atoms with van der Waals surface area (Å²) in [6.07, 6.45) is 1.54. The van der Waals surface area contributed by atoms with Gasteiger partial charge in [-0.05, 0) is 19.8 Å². The highest BCUT2D eigenvalue weighted by Gasteiger charge is 2.36. The molecule has 64 valence electrons. The summed E-state index contributed by atoms with van der Waals surface area (Å²) in [6.45, 7) is 3.62. The van der Waals surface area contributed by atoms with Crippen LogP contribution in [0.3, 0.4) is 0 Å². The van der Waals surface area contributed by atoms with E-state index in [1.54, 1.807) is 0 Å². The Morgan fingerprint density at radius 3 is 2.36 bits per heavy atom. The zero-order valence-electron chi connectivity index (χ0n) is 6.51. The first-order valence-corrected chi connectivity index (χ1v) is 4.65. The Labute approximate surface area is 80.3 Å². The van der Waals surface area contributed by atoms with Crippen LogP contribution in [0.4, 0.5) is 0 Å². The molecule has 1 aliphatic heterocycles. The monoisotopic (exact) mass is 269 g/mol. The predicted octanol–water partition coefficient (Wildman–Crippen LogP) is 1.52. The number of carbonyl (C=O) groups is 1. The van der Waals surface area contributed by atoms with Crippen LogP contribution < -0.4 is 0 Å². The third-order valence-electron chi connectivity index (χ3n) is 2.33. The minimum Gasteiger partial charge on any atom is -0.481 e. The molecule has 11 heavy (non-hydrogen) atoms. The molecular weight excluding hydrogens is 257 g/mol. The average Bonchev–Trinajstić information content (AvgIpc) is 1.95. The number of carboxylic acid groups (broad SMARTS) is 1.